The Bertz CT molecular complexity index is 601. The number of piperidine rings is 1. The van der Waals surface area contributed by atoms with Crippen LogP contribution in [0.25, 0.3) is 0 Å². The summed E-state index contributed by atoms with van der Waals surface area (Å²) in [6, 6.07) is 0. The highest BCUT2D eigenvalue weighted by atomic mass is 32.2. The summed E-state index contributed by atoms with van der Waals surface area (Å²) in [4.78, 5) is 10.9. The van der Waals surface area contributed by atoms with Gasteiger partial charge in [-0.1, -0.05) is 11.3 Å². The maximum Gasteiger partial charge on any atom is 0.272 e. The molecule has 0 atom stereocenters. The first kappa shape index (κ1) is 15.3. The van der Waals surface area contributed by atoms with E-state index in [1.807, 2.05) is 0 Å². The van der Waals surface area contributed by atoms with Gasteiger partial charge in [0, 0.05) is 20.0 Å². The second-order valence-corrected chi connectivity index (χ2v) is 8.04. The molecule has 2 rings (SSSR count). The Balaban J connectivity index is 2.14. The number of carbonyl (C=O) groups excluding carboxylic acids is 1. The molecule has 1 fully saturated rings. The number of aliphatic hydroxyl groups is 1. The third-order valence-electron chi connectivity index (χ3n) is 3.05. The van der Waals surface area contributed by atoms with Crippen LogP contribution in [0, 0.1) is 0 Å². The van der Waals surface area contributed by atoms with Crippen LogP contribution in [0.2, 0.25) is 0 Å². The van der Waals surface area contributed by atoms with Gasteiger partial charge in [-0.15, -0.1) is 10.2 Å². The van der Waals surface area contributed by atoms with Crippen LogP contribution >= 0.6 is 11.3 Å². The van der Waals surface area contributed by atoms with Gasteiger partial charge >= 0.3 is 0 Å². The highest BCUT2D eigenvalue weighted by molar-refractivity contribution is 7.91. The van der Waals surface area contributed by atoms with Crippen molar-refractivity contribution in [2.45, 2.75) is 36.6 Å². The third kappa shape index (κ3) is 3.32. The number of hydrogen-bond acceptors (Lipinski definition) is 7. The first-order valence-electron chi connectivity index (χ1n) is 6.04. The van der Waals surface area contributed by atoms with Crippen molar-refractivity contribution in [3.8, 4) is 0 Å². The van der Waals surface area contributed by atoms with Gasteiger partial charge in [-0.3, -0.25) is 4.79 Å². The standard InChI is InChI=1S/C10H16N4O4S2/c1-7(15)11-8-12-13-9(19-8)20(17,18)14-5-3-10(2,16)4-6-14/h16H,3-6H2,1-2H3,(H,11,12,15). The lowest BCUT2D eigenvalue weighted by Gasteiger charge is -2.34. The van der Waals surface area contributed by atoms with Gasteiger partial charge in [0.1, 0.15) is 0 Å². The smallest absolute Gasteiger partial charge is 0.272 e. The zero-order chi connectivity index (χ0) is 15.0. The number of rotatable bonds is 3. The minimum absolute atomic E-state index is 0.150. The van der Waals surface area contributed by atoms with E-state index in [0.29, 0.717) is 12.8 Å². The molecule has 0 aliphatic carbocycles. The Morgan fingerprint density at radius 2 is 2.00 bits per heavy atom. The largest absolute Gasteiger partial charge is 0.390 e. The minimum Gasteiger partial charge on any atom is -0.390 e. The van der Waals surface area contributed by atoms with Gasteiger partial charge in [-0.25, -0.2) is 8.42 Å². The summed E-state index contributed by atoms with van der Waals surface area (Å²) < 4.78 is 25.8. The van der Waals surface area contributed by atoms with E-state index in [-0.39, 0.29) is 28.5 Å². The van der Waals surface area contributed by atoms with E-state index in [1.54, 1.807) is 6.92 Å². The second kappa shape index (κ2) is 5.35. The average Bonchev–Trinajstić information content (AvgIpc) is 2.76. The SMILES string of the molecule is CC(=O)Nc1nnc(S(=O)(=O)N2CCC(C)(O)CC2)s1. The maximum atomic E-state index is 12.3. The number of anilines is 1. The van der Waals surface area contributed by atoms with Gasteiger partial charge in [0.05, 0.1) is 5.60 Å². The molecule has 1 aliphatic rings. The van der Waals surface area contributed by atoms with E-state index in [2.05, 4.69) is 15.5 Å². The predicted octanol–water partition coefficient (Wildman–Crippen LogP) is 0.0320. The third-order valence-corrected chi connectivity index (χ3v) is 6.13. The van der Waals surface area contributed by atoms with E-state index in [1.165, 1.54) is 11.2 Å². The van der Waals surface area contributed by atoms with Crippen molar-refractivity contribution in [1.82, 2.24) is 14.5 Å². The van der Waals surface area contributed by atoms with E-state index < -0.39 is 15.6 Å². The van der Waals surface area contributed by atoms with E-state index in [4.69, 9.17) is 0 Å². The molecular weight excluding hydrogens is 304 g/mol. The fraction of sp³-hybridized carbons (Fsp3) is 0.700. The van der Waals surface area contributed by atoms with Crippen molar-refractivity contribution in [2.75, 3.05) is 18.4 Å². The van der Waals surface area contributed by atoms with Crippen molar-refractivity contribution in [3.05, 3.63) is 0 Å². The van der Waals surface area contributed by atoms with Crippen LogP contribution in [0.15, 0.2) is 4.34 Å². The molecule has 2 heterocycles. The van der Waals surface area contributed by atoms with Gasteiger partial charge in [-0.2, -0.15) is 4.31 Å². The van der Waals surface area contributed by atoms with Gasteiger partial charge in [0.25, 0.3) is 10.0 Å². The van der Waals surface area contributed by atoms with Gasteiger partial charge in [0.2, 0.25) is 15.4 Å². The number of nitrogens with zero attached hydrogens (tertiary/aromatic N) is 3. The summed E-state index contributed by atoms with van der Waals surface area (Å²) in [5.74, 6) is -0.334. The summed E-state index contributed by atoms with van der Waals surface area (Å²) in [5.41, 5.74) is -0.825. The molecule has 0 aromatic carbocycles. The molecule has 1 amide bonds. The maximum absolute atomic E-state index is 12.3. The fourth-order valence-corrected chi connectivity index (χ4v) is 4.36. The lowest BCUT2D eigenvalue weighted by atomic mass is 9.95. The van der Waals surface area contributed by atoms with Crippen molar-refractivity contribution in [2.24, 2.45) is 0 Å². The van der Waals surface area contributed by atoms with Crippen molar-refractivity contribution in [3.63, 3.8) is 0 Å². The lowest BCUT2D eigenvalue weighted by Crippen LogP contribution is -2.45. The van der Waals surface area contributed by atoms with E-state index in [0.717, 1.165) is 11.3 Å². The summed E-state index contributed by atoms with van der Waals surface area (Å²) in [5, 5.41) is 19.6. The Morgan fingerprint density at radius 3 is 2.55 bits per heavy atom. The van der Waals surface area contributed by atoms with Crippen LogP contribution in [0.5, 0.6) is 0 Å². The average molecular weight is 320 g/mol. The summed E-state index contributed by atoms with van der Waals surface area (Å²) in [7, 11) is -3.71. The molecule has 1 saturated heterocycles. The normalized spacial score (nSPS) is 19.8. The molecule has 2 N–H and O–H groups in total. The molecule has 0 saturated carbocycles. The Labute approximate surface area is 120 Å². The van der Waals surface area contributed by atoms with Gasteiger partial charge in [-0.05, 0) is 19.8 Å². The number of sulfonamides is 1. The monoisotopic (exact) mass is 320 g/mol. The summed E-state index contributed by atoms with van der Waals surface area (Å²) in [6.07, 6.45) is 0.757. The van der Waals surface area contributed by atoms with Crippen LogP contribution in [-0.2, 0) is 14.8 Å². The summed E-state index contributed by atoms with van der Waals surface area (Å²) in [6.45, 7) is 3.48. The van der Waals surface area contributed by atoms with Crippen molar-refractivity contribution >= 4 is 32.4 Å². The van der Waals surface area contributed by atoms with Gasteiger partial charge < -0.3 is 10.4 Å². The van der Waals surface area contributed by atoms with Gasteiger partial charge in [0.15, 0.2) is 0 Å². The highest BCUT2D eigenvalue weighted by Gasteiger charge is 2.35. The number of amides is 1. The molecule has 112 valence electrons. The first-order chi connectivity index (χ1) is 9.21. The molecule has 10 heteroatoms. The molecule has 0 spiro atoms. The van der Waals surface area contributed by atoms with E-state index in [9.17, 15) is 18.3 Å². The predicted molar refractivity (Wildman–Crippen MR) is 72.8 cm³/mol. The number of aromatic nitrogens is 2. The van der Waals surface area contributed by atoms with E-state index >= 15 is 0 Å². The summed E-state index contributed by atoms with van der Waals surface area (Å²) >= 11 is 0.815. The second-order valence-electron chi connectivity index (χ2n) is 4.96. The molecule has 0 bridgehead atoms. The van der Waals surface area contributed by atoms with Crippen LogP contribution < -0.4 is 5.32 Å². The molecular formula is C10H16N4O4S2. The van der Waals surface area contributed by atoms with Crippen molar-refractivity contribution in [1.29, 1.82) is 0 Å². The Hall–Kier alpha value is -1.10. The zero-order valence-electron chi connectivity index (χ0n) is 11.2. The van der Waals surface area contributed by atoms with Crippen LogP contribution in [0.3, 0.4) is 0 Å². The molecule has 0 radical (unpaired) electrons. The number of carbonyl (C=O) groups is 1. The number of hydrogen-bond donors (Lipinski definition) is 2. The molecule has 0 unspecified atom stereocenters. The van der Waals surface area contributed by atoms with Crippen LogP contribution in [0.1, 0.15) is 26.7 Å². The van der Waals surface area contributed by atoms with Crippen molar-refractivity contribution < 1.29 is 18.3 Å². The molecule has 1 aromatic heterocycles. The quantitative estimate of drug-likeness (QED) is 0.760. The fourth-order valence-electron chi connectivity index (χ4n) is 1.83. The topological polar surface area (TPSA) is 112 Å². The Kier molecular flexibility index (Phi) is 4.09. The van der Waals surface area contributed by atoms with Crippen LogP contribution in [0.4, 0.5) is 5.13 Å². The molecule has 1 aliphatic heterocycles. The minimum atomic E-state index is -3.71. The highest BCUT2D eigenvalue weighted by Crippen LogP contribution is 2.28. The molecule has 20 heavy (non-hydrogen) atoms. The molecule has 1 aromatic rings. The Morgan fingerprint density at radius 1 is 1.40 bits per heavy atom. The lowest BCUT2D eigenvalue weighted by molar-refractivity contribution is -0.114. The number of nitrogens with one attached hydrogen (secondary N) is 1. The molecule has 8 nitrogen and oxygen atoms in total. The zero-order valence-corrected chi connectivity index (χ0v) is 12.8. The first-order valence-corrected chi connectivity index (χ1v) is 8.30. The van der Waals surface area contributed by atoms with Crippen LogP contribution in [-0.4, -0.2) is 52.6 Å².